The molecule has 0 saturated heterocycles. The molecule has 0 saturated carbocycles. The fourth-order valence-corrected chi connectivity index (χ4v) is 2.52. The Balaban J connectivity index is 2.03. The molecule has 0 aliphatic carbocycles. The van der Waals surface area contributed by atoms with Gasteiger partial charge in [0.25, 0.3) is 0 Å². The molecule has 0 heterocycles. The molecule has 0 aliphatic heterocycles. The third-order valence-electron chi connectivity index (χ3n) is 3.51. The Kier molecular flexibility index (Phi) is 6.67. The molecule has 0 fully saturated rings. The topological polar surface area (TPSA) is 58.6 Å². The van der Waals surface area contributed by atoms with Crippen LogP contribution in [-0.4, -0.2) is 30.4 Å². The number of carbonyl (C=O) groups excluding carboxylic acids is 2. The molecule has 1 N–H and O–H groups in total. The Hall–Kier alpha value is -2.24. The number of benzene rings is 2. The van der Waals surface area contributed by atoms with Gasteiger partial charge in [0, 0.05) is 18.5 Å². The van der Waals surface area contributed by atoms with E-state index in [1.807, 2.05) is 12.1 Å². The highest BCUT2D eigenvalue weighted by atomic mass is 35.5. The summed E-state index contributed by atoms with van der Waals surface area (Å²) in [6.07, 6.45) is 0. The lowest BCUT2D eigenvalue weighted by molar-refractivity contribution is -0.133. The molecule has 0 aromatic heterocycles. The summed E-state index contributed by atoms with van der Waals surface area (Å²) in [7, 11) is 1.59. The highest BCUT2D eigenvalue weighted by molar-refractivity contribution is 6.35. The van der Waals surface area contributed by atoms with Crippen LogP contribution in [0, 0.1) is 0 Å². The van der Waals surface area contributed by atoms with Crippen LogP contribution in [0.15, 0.2) is 42.5 Å². The van der Waals surface area contributed by atoms with Crippen molar-refractivity contribution in [3.63, 3.8) is 0 Å². The van der Waals surface area contributed by atoms with E-state index < -0.39 is 0 Å². The Morgan fingerprint density at radius 3 is 2.40 bits per heavy atom. The number of nitrogens with zero attached hydrogens (tertiary/aromatic N) is 1. The van der Waals surface area contributed by atoms with Crippen LogP contribution < -0.4 is 10.1 Å². The van der Waals surface area contributed by atoms with Crippen LogP contribution in [0.2, 0.25) is 10.0 Å². The van der Waals surface area contributed by atoms with Gasteiger partial charge in [-0.15, -0.1) is 0 Å². The van der Waals surface area contributed by atoms with Gasteiger partial charge < -0.3 is 15.0 Å². The van der Waals surface area contributed by atoms with Crippen LogP contribution in [-0.2, 0) is 16.1 Å². The van der Waals surface area contributed by atoms with E-state index in [1.165, 1.54) is 11.8 Å². The van der Waals surface area contributed by atoms with E-state index in [0.717, 1.165) is 11.3 Å². The first-order valence-electron chi connectivity index (χ1n) is 7.52. The number of hydrogen-bond acceptors (Lipinski definition) is 3. The minimum Gasteiger partial charge on any atom is -0.497 e. The van der Waals surface area contributed by atoms with Crippen LogP contribution in [0.3, 0.4) is 0 Å². The second-order valence-electron chi connectivity index (χ2n) is 5.40. The maximum Gasteiger partial charge on any atom is 0.244 e. The van der Waals surface area contributed by atoms with Gasteiger partial charge in [0.15, 0.2) is 0 Å². The van der Waals surface area contributed by atoms with Crippen molar-refractivity contribution in [2.75, 3.05) is 19.0 Å². The molecular weight excluding hydrogens is 363 g/mol. The van der Waals surface area contributed by atoms with Crippen LogP contribution >= 0.6 is 23.2 Å². The average Bonchev–Trinajstić information content (AvgIpc) is 2.58. The van der Waals surface area contributed by atoms with Crippen LogP contribution in [0.5, 0.6) is 5.75 Å². The lowest BCUT2D eigenvalue weighted by Crippen LogP contribution is -2.36. The first kappa shape index (κ1) is 19.1. The molecule has 2 aromatic rings. The molecule has 25 heavy (non-hydrogen) atoms. The number of amides is 2. The zero-order valence-corrected chi connectivity index (χ0v) is 15.4. The summed E-state index contributed by atoms with van der Waals surface area (Å²) in [6.45, 7) is 1.64. The highest BCUT2D eigenvalue weighted by Gasteiger charge is 2.15. The van der Waals surface area contributed by atoms with Crippen molar-refractivity contribution in [2.45, 2.75) is 13.5 Å². The highest BCUT2D eigenvalue weighted by Crippen LogP contribution is 2.25. The van der Waals surface area contributed by atoms with Crippen molar-refractivity contribution in [3.05, 3.63) is 58.1 Å². The smallest absolute Gasteiger partial charge is 0.244 e. The van der Waals surface area contributed by atoms with Crippen LogP contribution in [0.4, 0.5) is 5.69 Å². The van der Waals surface area contributed by atoms with Crippen molar-refractivity contribution in [1.29, 1.82) is 0 Å². The molecule has 0 radical (unpaired) electrons. The predicted octanol–water partition coefficient (Wildman–Crippen LogP) is 3.99. The summed E-state index contributed by atoms with van der Waals surface area (Å²) in [5.41, 5.74) is 1.30. The number of halogens is 2. The van der Waals surface area contributed by atoms with Crippen LogP contribution in [0.25, 0.3) is 0 Å². The van der Waals surface area contributed by atoms with Gasteiger partial charge in [-0.3, -0.25) is 9.59 Å². The molecule has 0 spiro atoms. The van der Waals surface area contributed by atoms with Gasteiger partial charge in [-0.25, -0.2) is 0 Å². The SMILES string of the molecule is COc1ccc(CN(CC(=O)Nc2cc(Cl)ccc2Cl)C(C)=O)cc1. The molecule has 132 valence electrons. The minimum absolute atomic E-state index is 0.0931. The summed E-state index contributed by atoms with van der Waals surface area (Å²) < 4.78 is 5.11. The molecule has 0 unspecified atom stereocenters. The van der Waals surface area contributed by atoms with E-state index in [9.17, 15) is 9.59 Å². The van der Waals surface area contributed by atoms with Crippen molar-refractivity contribution in [1.82, 2.24) is 4.90 Å². The lowest BCUT2D eigenvalue weighted by Gasteiger charge is -2.21. The molecule has 2 rings (SSSR count). The van der Waals surface area contributed by atoms with Gasteiger partial charge in [0.05, 0.1) is 17.8 Å². The summed E-state index contributed by atoms with van der Waals surface area (Å²) >= 11 is 11.9. The van der Waals surface area contributed by atoms with Gasteiger partial charge >= 0.3 is 0 Å². The minimum atomic E-state index is -0.354. The normalized spacial score (nSPS) is 10.2. The zero-order chi connectivity index (χ0) is 18.4. The van der Waals surface area contributed by atoms with E-state index in [4.69, 9.17) is 27.9 Å². The van der Waals surface area contributed by atoms with E-state index in [-0.39, 0.29) is 18.4 Å². The van der Waals surface area contributed by atoms with Gasteiger partial charge in [0.1, 0.15) is 12.3 Å². The first-order chi connectivity index (χ1) is 11.9. The number of anilines is 1. The fourth-order valence-electron chi connectivity index (χ4n) is 2.19. The van der Waals surface area contributed by atoms with E-state index in [2.05, 4.69) is 5.32 Å². The molecule has 7 heteroatoms. The third kappa shape index (κ3) is 5.66. The molecule has 5 nitrogen and oxygen atoms in total. The number of rotatable bonds is 6. The predicted molar refractivity (Wildman–Crippen MR) is 99.2 cm³/mol. The second kappa shape index (κ2) is 8.74. The first-order valence-corrected chi connectivity index (χ1v) is 8.28. The van der Waals surface area contributed by atoms with Crippen molar-refractivity contribution in [3.8, 4) is 5.75 Å². The van der Waals surface area contributed by atoms with Gasteiger partial charge in [-0.2, -0.15) is 0 Å². The van der Waals surface area contributed by atoms with Crippen LogP contribution in [0.1, 0.15) is 12.5 Å². The fraction of sp³-hybridized carbons (Fsp3) is 0.222. The number of hydrogen-bond donors (Lipinski definition) is 1. The summed E-state index contributed by atoms with van der Waals surface area (Å²) in [5, 5.41) is 3.51. The number of ether oxygens (including phenoxy) is 1. The molecule has 0 aliphatic rings. The maximum atomic E-state index is 12.3. The van der Waals surface area contributed by atoms with Gasteiger partial charge in [-0.05, 0) is 35.9 Å². The molecule has 2 aromatic carbocycles. The zero-order valence-electron chi connectivity index (χ0n) is 13.9. The Labute approximate surface area is 156 Å². The molecule has 0 atom stereocenters. The van der Waals surface area contributed by atoms with Crippen molar-refractivity contribution < 1.29 is 14.3 Å². The standard InChI is InChI=1S/C18H18Cl2N2O3/c1-12(23)22(10-13-3-6-15(25-2)7-4-13)11-18(24)21-17-9-14(19)5-8-16(17)20/h3-9H,10-11H2,1-2H3,(H,21,24). The summed E-state index contributed by atoms with van der Waals surface area (Å²) in [4.78, 5) is 25.5. The largest absolute Gasteiger partial charge is 0.497 e. The Morgan fingerprint density at radius 2 is 1.80 bits per heavy atom. The molecule has 0 bridgehead atoms. The van der Waals surface area contributed by atoms with E-state index >= 15 is 0 Å². The maximum absolute atomic E-state index is 12.3. The Morgan fingerprint density at radius 1 is 1.12 bits per heavy atom. The van der Waals surface area contributed by atoms with E-state index in [1.54, 1.807) is 37.4 Å². The second-order valence-corrected chi connectivity index (χ2v) is 6.24. The third-order valence-corrected chi connectivity index (χ3v) is 4.08. The van der Waals surface area contributed by atoms with E-state index in [0.29, 0.717) is 22.3 Å². The average molecular weight is 381 g/mol. The number of nitrogens with one attached hydrogen (secondary N) is 1. The Bertz CT molecular complexity index is 763. The van der Waals surface area contributed by atoms with Crippen molar-refractivity contribution >= 4 is 40.7 Å². The summed E-state index contributed by atoms with van der Waals surface area (Å²) in [6, 6.07) is 12.1. The number of methoxy groups -OCH3 is 1. The van der Waals surface area contributed by atoms with Gasteiger partial charge in [-0.1, -0.05) is 35.3 Å². The quantitative estimate of drug-likeness (QED) is 0.823. The summed E-state index contributed by atoms with van der Waals surface area (Å²) in [5.74, 6) is 0.169. The lowest BCUT2D eigenvalue weighted by atomic mass is 10.2. The van der Waals surface area contributed by atoms with Crippen molar-refractivity contribution in [2.24, 2.45) is 0 Å². The number of carbonyl (C=O) groups is 2. The monoisotopic (exact) mass is 380 g/mol. The van der Waals surface area contributed by atoms with Gasteiger partial charge in [0.2, 0.25) is 11.8 Å². The molecular formula is C18H18Cl2N2O3. The molecule has 2 amide bonds.